The van der Waals surface area contributed by atoms with E-state index in [4.69, 9.17) is 4.74 Å². The number of nitrogens with one attached hydrogen (secondary N) is 1. The lowest BCUT2D eigenvalue weighted by molar-refractivity contribution is -0.645. The van der Waals surface area contributed by atoms with Crippen LogP contribution in [0, 0.1) is 12.1 Å². The summed E-state index contributed by atoms with van der Waals surface area (Å²) in [6.45, 7) is 4.74. The zero-order valence-electron chi connectivity index (χ0n) is 16.2. The number of pyridine rings is 1. The Morgan fingerprint density at radius 3 is 2.69 bits per heavy atom. The van der Waals surface area contributed by atoms with E-state index in [1.807, 2.05) is 0 Å². The SMILES string of the molecule is Cc1ccc(NC(=O)C(C)Sc2cccc[n+]2[O-])cc1S(=O)(=O)N1CCOCC1. The standard InChI is InChI=1S/C19H23N3O5S2/c1-14-6-7-16(13-17(14)29(25,26)21-9-11-27-12-10-21)20-19(23)15(2)28-18-5-3-4-8-22(18)24/h3-8,13,15H,9-12H2,1-2H3,(H,20,23). The third-order valence-corrected chi connectivity index (χ3v) is 7.66. The molecule has 10 heteroatoms. The molecule has 1 fully saturated rings. The van der Waals surface area contributed by atoms with Gasteiger partial charge < -0.3 is 15.3 Å². The van der Waals surface area contributed by atoms with Crippen molar-refractivity contribution >= 4 is 33.4 Å². The molecule has 1 aromatic heterocycles. The number of nitrogens with zero attached hydrogens (tertiary/aromatic N) is 2. The molecule has 1 atom stereocenters. The summed E-state index contributed by atoms with van der Waals surface area (Å²) in [6, 6.07) is 9.80. The Morgan fingerprint density at radius 2 is 2.00 bits per heavy atom. The molecule has 0 aliphatic carbocycles. The van der Waals surface area contributed by atoms with E-state index in [1.54, 1.807) is 44.2 Å². The normalized spacial score (nSPS) is 16.3. The molecule has 0 saturated carbocycles. The number of carbonyl (C=O) groups is 1. The summed E-state index contributed by atoms with van der Waals surface area (Å²) in [5, 5.41) is 14.4. The summed E-state index contributed by atoms with van der Waals surface area (Å²) in [7, 11) is -3.67. The number of hydrogen-bond acceptors (Lipinski definition) is 6. The van der Waals surface area contributed by atoms with Gasteiger partial charge in [0.15, 0.2) is 6.20 Å². The smallest absolute Gasteiger partial charge is 0.252 e. The Kier molecular flexibility index (Phi) is 6.78. The predicted octanol–water partition coefficient (Wildman–Crippen LogP) is 1.77. The Morgan fingerprint density at radius 1 is 1.28 bits per heavy atom. The molecule has 2 aromatic rings. The van der Waals surface area contributed by atoms with Gasteiger partial charge in [0, 0.05) is 30.9 Å². The van der Waals surface area contributed by atoms with Gasteiger partial charge in [-0.05, 0) is 49.4 Å². The molecule has 8 nitrogen and oxygen atoms in total. The third kappa shape index (κ3) is 5.08. The van der Waals surface area contributed by atoms with Crippen molar-refractivity contribution in [3.63, 3.8) is 0 Å². The van der Waals surface area contributed by atoms with Gasteiger partial charge in [-0.15, -0.1) is 0 Å². The minimum absolute atomic E-state index is 0.165. The summed E-state index contributed by atoms with van der Waals surface area (Å²) in [6.07, 6.45) is 1.37. The number of rotatable bonds is 6. The summed E-state index contributed by atoms with van der Waals surface area (Å²) in [5.41, 5.74) is 0.997. The molecule has 0 bridgehead atoms. The van der Waals surface area contributed by atoms with E-state index in [-0.39, 0.29) is 10.8 Å². The highest BCUT2D eigenvalue weighted by molar-refractivity contribution is 8.00. The van der Waals surface area contributed by atoms with Gasteiger partial charge in [0.25, 0.3) is 5.03 Å². The molecular weight excluding hydrogens is 414 g/mol. The molecular formula is C19H23N3O5S2. The highest BCUT2D eigenvalue weighted by Crippen LogP contribution is 2.26. The summed E-state index contributed by atoms with van der Waals surface area (Å²) < 4.78 is 33.3. The monoisotopic (exact) mass is 437 g/mol. The van der Waals surface area contributed by atoms with Gasteiger partial charge in [0.2, 0.25) is 15.9 Å². The average Bonchev–Trinajstić information content (AvgIpc) is 2.71. The van der Waals surface area contributed by atoms with Crippen LogP contribution in [0.1, 0.15) is 12.5 Å². The first-order valence-electron chi connectivity index (χ1n) is 9.13. The average molecular weight is 438 g/mol. The zero-order valence-corrected chi connectivity index (χ0v) is 17.8. The number of aryl methyl sites for hydroxylation is 1. The summed E-state index contributed by atoms with van der Waals surface area (Å²) in [5.74, 6) is -0.322. The Bertz CT molecular complexity index is 991. The molecule has 2 heterocycles. The molecule has 1 N–H and O–H groups in total. The van der Waals surface area contributed by atoms with E-state index < -0.39 is 15.3 Å². The molecule has 1 aliphatic heterocycles. The van der Waals surface area contributed by atoms with Crippen LogP contribution >= 0.6 is 11.8 Å². The van der Waals surface area contributed by atoms with Crippen LogP contribution in [0.2, 0.25) is 0 Å². The number of thioether (sulfide) groups is 1. The number of hydrogen-bond donors (Lipinski definition) is 1. The fourth-order valence-corrected chi connectivity index (χ4v) is 5.37. The minimum atomic E-state index is -3.67. The number of amides is 1. The van der Waals surface area contributed by atoms with E-state index in [9.17, 15) is 18.4 Å². The molecule has 0 spiro atoms. The van der Waals surface area contributed by atoms with Crippen LogP contribution in [0.4, 0.5) is 5.69 Å². The summed E-state index contributed by atoms with van der Waals surface area (Å²) in [4.78, 5) is 12.7. The van der Waals surface area contributed by atoms with Gasteiger partial charge in [-0.25, -0.2) is 8.42 Å². The molecule has 3 rings (SSSR count). The van der Waals surface area contributed by atoms with Gasteiger partial charge in [-0.2, -0.15) is 9.04 Å². The Labute approximate surface area is 174 Å². The number of carbonyl (C=O) groups excluding carboxylic acids is 1. The fraction of sp³-hybridized carbons (Fsp3) is 0.368. The molecule has 0 radical (unpaired) electrons. The highest BCUT2D eigenvalue weighted by Gasteiger charge is 2.28. The molecule has 1 amide bonds. The largest absolute Gasteiger partial charge is 0.618 e. The molecule has 29 heavy (non-hydrogen) atoms. The van der Waals surface area contributed by atoms with Gasteiger partial charge in [0.1, 0.15) is 0 Å². The lowest BCUT2D eigenvalue weighted by Gasteiger charge is -2.27. The van der Waals surface area contributed by atoms with Gasteiger partial charge in [-0.3, -0.25) is 4.79 Å². The van der Waals surface area contributed by atoms with E-state index >= 15 is 0 Å². The molecule has 156 valence electrons. The zero-order chi connectivity index (χ0) is 21.0. The van der Waals surface area contributed by atoms with Crippen molar-refractivity contribution in [2.75, 3.05) is 31.6 Å². The number of morpholine rings is 1. The number of ether oxygens (including phenoxy) is 1. The first-order chi connectivity index (χ1) is 13.8. The lowest BCUT2D eigenvalue weighted by Crippen LogP contribution is -2.40. The van der Waals surface area contributed by atoms with Crippen molar-refractivity contribution in [1.82, 2.24) is 4.31 Å². The molecule has 1 unspecified atom stereocenters. The maximum Gasteiger partial charge on any atom is 0.252 e. The van der Waals surface area contributed by atoms with E-state index in [1.165, 1.54) is 16.6 Å². The van der Waals surface area contributed by atoms with Crippen molar-refractivity contribution in [3.05, 3.63) is 53.4 Å². The maximum absolute atomic E-state index is 13.0. The second-order valence-electron chi connectivity index (χ2n) is 6.61. The van der Waals surface area contributed by atoms with Crippen LogP contribution in [0.15, 0.2) is 52.5 Å². The van der Waals surface area contributed by atoms with Crippen LogP contribution in [0.25, 0.3) is 0 Å². The van der Waals surface area contributed by atoms with Crippen molar-refractivity contribution in [2.24, 2.45) is 0 Å². The maximum atomic E-state index is 13.0. The van der Waals surface area contributed by atoms with Crippen molar-refractivity contribution in [3.8, 4) is 0 Å². The van der Waals surface area contributed by atoms with Crippen molar-refractivity contribution in [2.45, 2.75) is 29.0 Å². The number of aromatic nitrogens is 1. The van der Waals surface area contributed by atoms with E-state index in [2.05, 4.69) is 5.32 Å². The minimum Gasteiger partial charge on any atom is -0.618 e. The van der Waals surface area contributed by atoms with Crippen LogP contribution in [0.3, 0.4) is 0 Å². The molecule has 1 aliphatic rings. The first kappa shape index (κ1) is 21.6. The fourth-order valence-electron chi connectivity index (χ4n) is 2.86. The van der Waals surface area contributed by atoms with E-state index in [0.29, 0.717) is 47.3 Å². The topological polar surface area (TPSA) is 103 Å². The first-order valence-corrected chi connectivity index (χ1v) is 11.5. The van der Waals surface area contributed by atoms with Gasteiger partial charge in [-0.1, -0.05) is 6.07 Å². The molecule has 1 aromatic carbocycles. The van der Waals surface area contributed by atoms with Crippen LogP contribution < -0.4 is 10.0 Å². The highest BCUT2D eigenvalue weighted by atomic mass is 32.2. The summed E-state index contributed by atoms with van der Waals surface area (Å²) >= 11 is 1.13. The second-order valence-corrected chi connectivity index (χ2v) is 9.88. The Balaban J connectivity index is 1.75. The van der Waals surface area contributed by atoms with E-state index in [0.717, 1.165) is 11.8 Å². The van der Waals surface area contributed by atoms with Crippen molar-refractivity contribution < 1.29 is 22.7 Å². The Hall–Kier alpha value is -2.14. The number of benzene rings is 1. The van der Waals surface area contributed by atoms with Crippen LogP contribution in [0.5, 0.6) is 0 Å². The van der Waals surface area contributed by atoms with Gasteiger partial charge in [0.05, 0.1) is 23.4 Å². The quantitative estimate of drug-likeness (QED) is 0.420. The third-order valence-electron chi connectivity index (χ3n) is 4.50. The van der Waals surface area contributed by atoms with Crippen LogP contribution in [-0.2, 0) is 19.6 Å². The lowest BCUT2D eigenvalue weighted by atomic mass is 10.2. The van der Waals surface area contributed by atoms with Crippen LogP contribution in [-0.4, -0.2) is 50.2 Å². The van der Waals surface area contributed by atoms with Gasteiger partial charge >= 0.3 is 0 Å². The second kappa shape index (κ2) is 9.12. The van der Waals surface area contributed by atoms with Crippen molar-refractivity contribution in [1.29, 1.82) is 0 Å². The predicted molar refractivity (Wildman–Crippen MR) is 110 cm³/mol. The molecule has 1 saturated heterocycles. The number of sulfonamides is 1. The number of anilines is 1.